The third-order valence-electron chi connectivity index (χ3n) is 12.5. The fourth-order valence-corrected chi connectivity index (χ4v) is 9.43. The maximum absolute atomic E-state index is 14.9. The van der Waals surface area contributed by atoms with Crippen LogP contribution in [0.5, 0.6) is 0 Å². The summed E-state index contributed by atoms with van der Waals surface area (Å²) < 4.78 is 36.5. The van der Waals surface area contributed by atoms with Crippen LogP contribution in [0.2, 0.25) is 0 Å². The van der Waals surface area contributed by atoms with E-state index in [0.29, 0.717) is 12.8 Å². The predicted octanol–water partition coefficient (Wildman–Crippen LogP) is 2.56. The number of esters is 2. The van der Waals surface area contributed by atoms with Gasteiger partial charge in [-0.05, 0) is 51.2 Å². The number of fused-ring (bicyclic) bond motifs is 4. The largest absolute Gasteiger partial charge is 0.460 e. The van der Waals surface area contributed by atoms with Crippen LogP contribution in [0.1, 0.15) is 116 Å². The minimum atomic E-state index is -1.56. The normalized spacial score (nSPS) is 33.3. The fraction of sp³-hybridized carbons (Fsp3) is 0.756. The summed E-state index contributed by atoms with van der Waals surface area (Å²) in [5.74, 6) is -2.54. The number of aliphatic hydroxyl groups excluding tert-OH is 5. The molecule has 4 saturated heterocycles. The summed E-state index contributed by atoms with van der Waals surface area (Å²) in [7, 11) is 0. The Labute approximate surface area is 363 Å². The van der Waals surface area contributed by atoms with Gasteiger partial charge in [0.25, 0.3) is 0 Å². The van der Waals surface area contributed by atoms with Gasteiger partial charge in [0.05, 0.1) is 32.4 Å². The van der Waals surface area contributed by atoms with Crippen LogP contribution in [0.15, 0.2) is 30.3 Å². The minimum Gasteiger partial charge on any atom is -0.460 e. The molecule has 348 valence electrons. The van der Waals surface area contributed by atoms with E-state index in [-0.39, 0.29) is 32.4 Å². The number of carbonyl (C=O) groups is 3. The summed E-state index contributed by atoms with van der Waals surface area (Å²) in [6.07, 6.45) is 0.526. The lowest BCUT2D eigenvalue weighted by Crippen LogP contribution is -2.70. The molecule has 6 rings (SSSR count). The van der Waals surface area contributed by atoms with Crippen molar-refractivity contribution in [3.63, 3.8) is 0 Å². The van der Waals surface area contributed by atoms with Crippen LogP contribution >= 0.6 is 0 Å². The average Bonchev–Trinajstić information content (AvgIpc) is 3.79. The van der Waals surface area contributed by atoms with Gasteiger partial charge in [-0.3, -0.25) is 19.2 Å². The number of nitrogens with one attached hydrogen (secondary N) is 1. The van der Waals surface area contributed by atoms with E-state index in [1.54, 1.807) is 32.9 Å². The van der Waals surface area contributed by atoms with Gasteiger partial charge in [-0.15, -0.1) is 0 Å². The van der Waals surface area contributed by atoms with E-state index < -0.39 is 115 Å². The second kappa shape index (κ2) is 20.8. The topological polar surface area (TPSA) is 232 Å². The molecule has 1 aromatic carbocycles. The molecule has 0 radical (unpaired) electrons. The Morgan fingerprint density at radius 1 is 1.00 bits per heavy atom. The zero-order valence-corrected chi connectivity index (χ0v) is 36.7. The number of hydrogen-bond acceptors (Lipinski definition) is 16. The first-order valence-electron chi connectivity index (χ1n) is 22.4. The van der Waals surface area contributed by atoms with Crippen LogP contribution in [0.4, 0.5) is 0 Å². The average molecular weight is 877 g/mol. The van der Waals surface area contributed by atoms with Gasteiger partial charge in [0.1, 0.15) is 59.8 Å². The summed E-state index contributed by atoms with van der Waals surface area (Å²) >= 11 is 0. The van der Waals surface area contributed by atoms with E-state index in [9.17, 15) is 39.9 Å². The first-order valence-corrected chi connectivity index (χ1v) is 22.4. The molecule has 0 aromatic heterocycles. The Morgan fingerprint density at radius 2 is 1.71 bits per heavy atom. The van der Waals surface area contributed by atoms with Crippen molar-refractivity contribution in [3.05, 3.63) is 41.5 Å². The van der Waals surface area contributed by atoms with Gasteiger partial charge in [-0.2, -0.15) is 5.06 Å². The molecule has 17 nitrogen and oxygen atoms in total. The van der Waals surface area contributed by atoms with Crippen LogP contribution in [0, 0.1) is 5.41 Å². The van der Waals surface area contributed by atoms with E-state index in [4.69, 9.17) is 33.3 Å². The van der Waals surface area contributed by atoms with Crippen molar-refractivity contribution in [2.75, 3.05) is 19.8 Å². The van der Waals surface area contributed by atoms with E-state index in [2.05, 4.69) is 19.2 Å². The fourth-order valence-electron chi connectivity index (χ4n) is 9.43. The van der Waals surface area contributed by atoms with Crippen molar-refractivity contribution in [2.45, 2.75) is 190 Å². The molecule has 6 N–H and O–H groups in total. The van der Waals surface area contributed by atoms with Crippen molar-refractivity contribution < 1.29 is 73.2 Å². The van der Waals surface area contributed by atoms with Crippen molar-refractivity contribution in [2.24, 2.45) is 5.41 Å². The van der Waals surface area contributed by atoms with Crippen LogP contribution in [0.25, 0.3) is 6.08 Å². The number of rotatable bonds is 21. The Morgan fingerprint density at radius 3 is 2.37 bits per heavy atom. The number of unbranched alkanes of at least 4 members (excludes halogenated alkanes) is 4. The first kappa shape index (κ1) is 48.4. The molecule has 4 heterocycles. The Hall–Kier alpha value is -3.07. The Kier molecular flexibility index (Phi) is 16.3. The molecule has 5 aliphatic rings. The van der Waals surface area contributed by atoms with Gasteiger partial charge in [0, 0.05) is 25.7 Å². The van der Waals surface area contributed by atoms with Gasteiger partial charge in [0.15, 0.2) is 18.1 Å². The van der Waals surface area contributed by atoms with Crippen LogP contribution in [-0.4, -0.2) is 147 Å². The Bertz CT molecular complexity index is 1690. The lowest BCUT2D eigenvalue weighted by atomic mass is 9.62. The Balaban J connectivity index is 1.24. The predicted molar refractivity (Wildman–Crippen MR) is 221 cm³/mol. The van der Waals surface area contributed by atoms with Crippen LogP contribution in [0.3, 0.4) is 0 Å². The van der Waals surface area contributed by atoms with E-state index in [1.165, 1.54) is 5.06 Å². The third-order valence-corrected chi connectivity index (χ3v) is 12.5. The molecule has 1 amide bonds. The summed E-state index contributed by atoms with van der Waals surface area (Å²) in [6, 6.07) is 5.42. The SMILES string of the molecule is CCCCCC1(CCCCC)O[C@@H]2[C@H](O1)[C@H]1ON(Cc3cccc(C=CCO[C@H]4O[C@H](CO)[C@H](O)[C@H](O)[C@H]4O)c3)[C@H]3C(=O)O[C@@H]2C[C@@]13C(=O)N[C@H](CO)CCC(=O)OC(C)(C)C. The standard InChI is InChI=1S/C45H68N2O15/c1-6-8-10-19-44(20-11-9-7-2)60-36-30-23-45(42(55)46-29(25-48)17-18-32(50)59-43(3,4)5)38(40(54)57-30)47(62-39(45)37(36)61-44)24-28-15-12-14-27(22-28)16-13-21-56-41-35(53)34(52)33(51)31(26-49)58-41/h12-16,22,29-31,33-39,41,48-49,51-53H,6-11,17-21,23-26H2,1-5H3,(H,46,55)/t29-,30+,31+,33-,34-,35+,36-,37-,38-,39+,41-,45-/m0/s1. The highest BCUT2D eigenvalue weighted by Gasteiger charge is 2.76. The number of hydroxylamine groups is 2. The van der Waals surface area contributed by atoms with Gasteiger partial charge < -0.3 is 59.3 Å². The number of hydrogen-bond donors (Lipinski definition) is 6. The molecule has 1 saturated carbocycles. The second-order valence-electron chi connectivity index (χ2n) is 18.4. The molecule has 5 fully saturated rings. The molecule has 1 aromatic rings. The van der Waals surface area contributed by atoms with E-state index in [0.717, 1.165) is 49.7 Å². The number of carbonyl (C=O) groups excluding carboxylic acids is 3. The number of ether oxygens (including phenoxy) is 6. The molecule has 12 atom stereocenters. The highest BCUT2D eigenvalue weighted by atomic mass is 16.8. The molecule has 2 bridgehead atoms. The van der Waals surface area contributed by atoms with Gasteiger partial charge in [0.2, 0.25) is 5.91 Å². The van der Waals surface area contributed by atoms with Gasteiger partial charge in [-0.1, -0.05) is 75.9 Å². The smallest absolute Gasteiger partial charge is 0.327 e. The van der Waals surface area contributed by atoms with Crippen molar-refractivity contribution in [1.82, 2.24) is 10.4 Å². The van der Waals surface area contributed by atoms with Crippen LogP contribution < -0.4 is 5.32 Å². The van der Waals surface area contributed by atoms with E-state index >= 15 is 0 Å². The molecule has 4 aliphatic heterocycles. The van der Waals surface area contributed by atoms with Gasteiger partial charge in [-0.25, -0.2) is 0 Å². The number of benzene rings is 1. The third kappa shape index (κ3) is 10.7. The maximum Gasteiger partial charge on any atom is 0.327 e. The molecule has 0 unspecified atom stereocenters. The second-order valence-corrected chi connectivity index (χ2v) is 18.4. The number of nitrogens with zero attached hydrogens (tertiary/aromatic N) is 1. The monoisotopic (exact) mass is 876 g/mol. The lowest BCUT2D eigenvalue weighted by Gasteiger charge is -2.49. The highest BCUT2D eigenvalue weighted by Crippen LogP contribution is 2.58. The number of amides is 1. The summed E-state index contributed by atoms with van der Waals surface area (Å²) in [4.78, 5) is 48.6. The zero-order valence-electron chi connectivity index (χ0n) is 36.7. The lowest BCUT2D eigenvalue weighted by molar-refractivity contribution is -0.298. The van der Waals surface area contributed by atoms with Crippen molar-refractivity contribution >= 4 is 23.9 Å². The molecular formula is C45H68N2O15. The first-order chi connectivity index (χ1) is 29.6. The number of aliphatic hydroxyl groups is 5. The molecule has 17 heteroatoms. The highest BCUT2D eigenvalue weighted by molar-refractivity contribution is 5.93. The van der Waals surface area contributed by atoms with Crippen molar-refractivity contribution in [1.29, 1.82) is 0 Å². The summed E-state index contributed by atoms with van der Waals surface area (Å²) in [6.45, 7) is 8.59. The molecule has 1 aliphatic carbocycles. The molecule has 0 spiro atoms. The van der Waals surface area contributed by atoms with E-state index in [1.807, 2.05) is 24.3 Å². The van der Waals surface area contributed by atoms with Gasteiger partial charge >= 0.3 is 11.9 Å². The quantitative estimate of drug-likeness (QED) is 0.0770. The maximum atomic E-state index is 14.9. The minimum absolute atomic E-state index is 0.0356. The summed E-state index contributed by atoms with van der Waals surface area (Å²) in [5, 5.41) is 54.9. The summed E-state index contributed by atoms with van der Waals surface area (Å²) in [5.41, 5.74) is -0.698. The molecular weight excluding hydrogens is 808 g/mol. The van der Waals surface area contributed by atoms with Crippen LogP contribution in [-0.2, 0) is 54.2 Å². The van der Waals surface area contributed by atoms with Crippen molar-refractivity contribution in [3.8, 4) is 0 Å². The molecule has 62 heavy (non-hydrogen) atoms. The zero-order chi connectivity index (χ0) is 44.8.